The number of hydrogen-bond donors (Lipinski definition) is 1. The van der Waals surface area contributed by atoms with Crippen molar-refractivity contribution < 1.29 is 19.0 Å². The van der Waals surface area contributed by atoms with E-state index in [4.69, 9.17) is 31.5 Å². The van der Waals surface area contributed by atoms with E-state index in [2.05, 4.69) is 0 Å². The summed E-state index contributed by atoms with van der Waals surface area (Å²) in [6.07, 6.45) is -0.718. The first-order valence-electron chi connectivity index (χ1n) is 5.33. The highest BCUT2D eigenvalue weighted by Gasteiger charge is 2.68. The van der Waals surface area contributed by atoms with Crippen LogP contribution < -0.4 is 5.73 Å². The smallest absolute Gasteiger partial charge is 0.241 e. The van der Waals surface area contributed by atoms with Gasteiger partial charge in [-0.05, 0) is 13.8 Å². The molecule has 3 saturated heterocycles. The summed E-state index contributed by atoms with van der Waals surface area (Å²) in [7, 11) is 0. The summed E-state index contributed by atoms with van der Waals surface area (Å²) in [5, 5.41) is 0. The maximum atomic E-state index is 11.4. The van der Waals surface area contributed by atoms with Crippen molar-refractivity contribution in [2.45, 2.75) is 55.3 Å². The molecule has 3 rings (SSSR count). The normalized spacial score (nSPS) is 52.9. The Balaban J connectivity index is 1.91. The molecule has 1 amide bonds. The second-order valence-corrected chi connectivity index (χ2v) is 5.77. The van der Waals surface area contributed by atoms with Crippen LogP contribution in [0.4, 0.5) is 0 Å². The van der Waals surface area contributed by atoms with Crippen LogP contribution in [0.15, 0.2) is 0 Å². The van der Waals surface area contributed by atoms with E-state index in [0.29, 0.717) is 6.42 Å². The Morgan fingerprint density at radius 2 is 2.00 bits per heavy atom. The molecular formula is C10H14ClNO4. The molecule has 2 bridgehead atoms. The van der Waals surface area contributed by atoms with Crippen LogP contribution in [0.3, 0.4) is 0 Å². The van der Waals surface area contributed by atoms with Crippen molar-refractivity contribution >= 4 is 17.5 Å². The van der Waals surface area contributed by atoms with Crippen molar-refractivity contribution in [3.8, 4) is 0 Å². The summed E-state index contributed by atoms with van der Waals surface area (Å²) in [6, 6.07) is 0. The van der Waals surface area contributed by atoms with Crippen LogP contribution in [0.1, 0.15) is 20.3 Å². The van der Waals surface area contributed by atoms with E-state index in [0.717, 1.165) is 0 Å². The molecule has 3 heterocycles. The quantitative estimate of drug-likeness (QED) is 0.669. The lowest BCUT2D eigenvalue weighted by Crippen LogP contribution is -2.54. The van der Waals surface area contributed by atoms with Crippen molar-refractivity contribution in [2.24, 2.45) is 5.73 Å². The Morgan fingerprint density at radius 1 is 1.38 bits per heavy atom. The molecule has 3 aliphatic heterocycles. The number of primary amides is 1. The Bertz CT molecular complexity index is 361. The van der Waals surface area contributed by atoms with Gasteiger partial charge in [0.2, 0.25) is 5.91 Å². The summed E-state index contributed by atoms with van der Waals surface area (Å²) >= 11 is 6.23. The second kappa shape index (κ2) is 2.90. The van der Waals surface area contributed by atoms with Crippen molar-refractivity contribution in [2.75, 3.05) is 0 Å². The van der Waals surface area contributed by atoms with Crippen LogP contribution in [-0.4, -0.2) is 41.0 Å². The van der Waals surface area contributed by atoms with Gasteiger partial charge in [-0.2, -0.15) is 0 Å². The zero-order valence-corrected chi connectivity index (χ0v) is 9.86. The Kier molecular flexibility index (Phi) is 1.95. The average molecular weight is 248 g/mol. The number of rotatable bonds is 1. The van der Waals surface area contributed by atoms with Crippen LogP contribution in [0.25, 0.3) is 0 Å². The van der Waals surface area contributed by atoms with E-state index in [1.54, 1.807) is 0 Å². The lowest BCUT2D eigenvalue weighted by molar-refractivity contribution is -0.178. The molecule has 2 N–H and O–H groups in total. The topological polar surface area (TPSA) is 70.8 Å². The van der Waals surface area contributed by atoms with Gasteiger partial charge in [0.1, 0.15) is 18.3 Å². The number of fused-ring (bicyclic) bond motifs is 5. The molecule has 0 saturated carbocycles. The average Bonchev–Trinajstić information content (AvgIpc) is 2.71. The van der Waals surface area contributed by atoms with Gasteiger partial charge in [0.25, 0.3) is 0 Å². The van der Waals surface area contributed by atoms with Gasteiger partial charge in [-0.25, -0.2) is 0 Å². The molecule has 0 aromatic heterocycles. The predicted molar refractivity (Wildman–Crippen MR) is 54.9 cm³/mol. The third-order valence-corrected chi connectivity index (χ3v) is 4.06. The summed E-state index contributed by atoms with van der Waals surface area (Å²) < 4.78 is 17.1. The molecule has 90 valence electrons. The third kappa shape index (κ3) is 1.20. The molecule has 0 aliphatic carbocycles. The number of carbonyl (C=O) groups is 1. The molecule has 0 spiro atoms. The Morgan fingerprint density at radius 3 is 2.62 bits per heavy atom. The molecular weight excluding hydrogens is 234 g/mol. The van der Waals surface area contributed by atoms with Crippen molar-refractivity contribution in [1.29, 1.82) is 0 Å². The van der Waals surface area contributed by atoms with E-state index >= 15 is 0 Å². The minimum atomic E-state index is -1.14. The van der Waals surface area contributed by atoms with Gasteiger partial charge in [-0.15, -0.1) is 11.6 Å². The maximum Gasteiger partial charge on any atom is 0.241 e. The molecule has 0 aromatic carbocycles. The first-order valence-corrected chi connectivity index (χ1v) is 5.71. The number of nitrogens with two attached hydrogens (primary N) is 1. The molecule has 5 atom stereocenters. The molecule has 5 nitrogen and oxygen atoms in total. The fourth-order valence-corrected chi connectivity index (χ4v) is 3.19. The van der Waals surface area contributed by atoms with E-state index in [1.165, 1.54) is 0 Å². The Hall–Kier alpha value is -0.360. The van der Waals surface area contributed by atoms with Gasteiger partial charge in [-0.3, -0.25) is 4.79 Å². The predicted octanol–water partition coefficient (Wildman–Crippen LogP) is 0.140. The van der Waals surface area contributed by atoms with E-state index < -0.39 is 22.7 Å². The first-order chi connectivity index (χ1) is 7.33. The SMILES string of the molecule is CC1(C)O[C@@H]2[C@H](O1)[C@@H]1O[C@H]2C[C@]1(Cl)C(N)=O. The highest BCUT2D eigenvalue weighted by molar-refractivity contribution is 6.35. The number of alkyl halides is 1. The molecule has 16 heavy (non-hydrogen) atoms. The fourth-order valence-electron chi connectivity index (χ4n) is 2.86. The highest BCUT2D eigenvalue weighted by atomic mass is 35.5. The van der Waals surface area contributed by atoms with Crippen molar-refractivity contribution in [1.82, 2.24) is 0 Å². The third-order valence-electron chi connectivity index (χ3n) is 3.51. The zero-order valence-electron chi connectivity index (χ0n) is 9.10. The fraction of sp³-hybridized carbons (Fsp3) is 0.900. The van der Waals surface area contributed by atoms with Crippen molar-refractivity contribution in [3.05, 3.63) is 0 Å². The van der Waals surface area contributed by atoms with E-state index in [-0.39, 0.29) is 18.3 Å². The van der Waals surface area contributed by atoms with Gasteiger partial charge in [0.05, 0.1) is 6.10 Å². The summed E-state index contributed by atoms with van der Waals surface area (Å²) in [6.45, 7) is 3.68. The largest absolute Gasteiger partial charge is 0.368 e. The summed E-state index contributed by atoms with van der Waals surface area (Å²) in [5.74, 6) is -1.19. The van der Waals surface area contributed by atoms with Gasteiger partial charge < -0.3 is 19.9 Å². The van der Waals surface area contributed by atoms with Crippen LogP contribution in [0.5, 0.6) is 0 Å². The minimum Gasteiger partial charge on any atom is -0.368 e. The lowest BCUT2D eigenvalue weighted by atomic mass is 9.84. The minimum absolute atomic E-state index is 0.133. The lowest BCUT2D eigenvalue weighted by Gasteiger charge is -2.30. The molecule has 0 radical (unpaired) electrons. The monoisotopic (exact) mass is 247 g/mol. The molecule has 3 aliphatic rings. The maximum absolute atomic E-state index is 11.4. The van der Waals surface area contributed by atoms with Crippen LogP contribution in [0.2, 0.25) is 0 Å². The molecule has 0 aromatic rings. The number of carbonyl (C=O) groups excluding carboxylic acids is 1. The summed E-state index contributed by atoms with van der Waals surface area (Å²) in [4.78, 5) is 10.2. The van der Waals surface area contributed by atoms with Crippen molar-refractivity contribution in [3.63, 3.8) is 0 Å². The van der Waals surface area contributed by atoms with Crippen LogP contribution in [0, 0.1) is 0 Å². The molecule has 3 fully saturated rings. The summed E-state index contributed by atoms with van der Waals surface area (Å²) in [5.41, 5.74) is 5.32. The van der Waals surface area contributed by atoms with Gasteiger partial charge in [0.15, 0.2) is 10.7 Å². The zero-order chi connectivity index (χ0) is 11.7. The first kappa shape index (κ1) is 10.8. The number of hydrogen-bond acceptors (Lipinski definition) is 4. The van der Waals surface area contributed by atoms with Crippen LogP contribution >= 0.6 is 11.6 Å². The van der Waals surface area contributed by atoms with Gasteiger partial charge in [-0.1, -0.05) is 0 Å². The number of amides is 1. The molecule has 6 heteroatoms. The number of halogens is 1. The van der Waals surface area contributed by atoms with Gasteiger partial charge >= 0.3 is 0 Å². The van der Waals surface area contributed by atoms with E-state index in [9.17, 15) is 4.79 Å². The molecule has 0 unspecified atom stereocenters. The van der Waals surface area contributed by atoms with E-state index in [1.807, 2.05) is 13.8 Å². The number of ether oxygens (including phenoxy) is 3. The standard InChI is InChI=1S/C10H14ClNO4/c1-9(2)15-5-4-3-10(11,8(12)13)7(14-4)6(5)16-9/h4-7H,3H2,1-2H3,(H2,12,13)/t4-,5-,6-,7-,10+/m0/s1. The Labute approximate surface area is 98.2 Å². The highest BCUT2D eigenvalue weighted by Crippen LogP contribution is 2.52. The van der Waals surface area contributed by atoms with Gasteiger partial charge in [0, 0.05) is 6.42 Å². The second-order valence-electron chi connectivity index (χ2n) is 5.09. The van der Waals surface area contributed by atoms with Crippen LogP contribution in [-0.2, 0) is 19.0 Å².